The monoisotopic (exact) mass is 640 g/mol. The highest BCUT2D eigenvalue weighted by Crippen LogP contribution is 2.17. The molecule has 0 aliphatic rings. The summed E-state index contributed by atoms with van der Waals surface area (Å²) < 4.78 is 7.14. The number of nitrogens with one attached hydrogen (secondary N) is 4. The van der Waals surface area contributed by atoms with Crippen LogP contribution in [0, 0.1) is 30.6 Å². The zero-order chi connectivity index (χ0) is 33.6. The lowest BCUT2D eigenvalue weighted by atomic mass is 9.91. The Morgan fingerprint density at radius 2 is 1.61 bits per heavy atom. The summed E-state index contributed by atoms with van der Waals surface area (Å²) in [4.78, 5) is 56.0. The van der Waals surface area contributed by atoms with Crippen molar-refractivity contribution >= 4 is 35.6 Å². The quantitative estimate of drug-likeness (QED) is 0.154. The lowest BCUT2D eigenvalue weighted by Gasteiger charge is -2.30. The topological polar surface area (TPSA) is 164 Å². The molecular formula is C31H56N6O6S. The van der Waals surface area contributed by atoms with Gasteiger partial charge in [0.15, 0.2) is 0 Å². The molecule has 0 aliphatic carbocycles. The van der Waals surface area contributed by atoms with Gasteiger partial charge in [0.05, 0.1) is 29.9 Å². The van der Waals surface area contributed by atoms with Gasteiger partial charge in [-0.15, -0.1) is 0 Å². The van der Waals surface area contributed by atoms with E-state index in [9.17, 15) is 24.3 Å². The Morgan fingerprint density at radius 3 is 2.14 bits per heavy atom. The van der Waals surface area contributed by atoms with E-state index in [1.807, 2.05) is 61.8 Å². The van der Waals surface area contributed by atoms with Gasteiger partial charge in [-0.1, -0.05) is 48.5 Å². The maximum atomic E-state index is 13.4. The molecule has 0 fully saturated rings. The molecule has 1 aromatic rings. The second-order valence-electron chi connectivity index (χ2n) is 12.8. The van der Waals surface area contributed by atoms with E-state index in [0.29, 0.717) is 25.1 Å². The Hall–Kier alpha value is -2.80. The number of carbonyl (C=O) groups is 4. The van der Waals surface area contributed by atoms with Crippen LogP contribution >= 0.6 is 11.8 Å². The number of carbonyl (C=O) groups excluding carboxylic acids is 4. The summed E-state index contributed by atoms with van der Waals surface area (Å²) in [6.45, 7) is 15.7. The van der Waals surface area contributed by atoms with E-state index in [4.69, 9.17) is 4.74 Å². The van der Waals surface area contributed by atoms with Gasteiger partial charge in [-0.2, -0.15) is 11.8 Å². The molecule has 12 nitrogen and oxygen atoms in total. The molecule has 13 heteroatoms. The molecule has 0 aromatic carbocycles. The molecule has 4 amide bonds. The minimum atomic E-state index is -1.03. The molecule has 5 N–H and O–H groups in total. The summed E-state index contributed by atoms with van der Waals surface area (Å²) in [6.07, 6.45) is 2.70. The largest absolute Gasteiger partial charge is 0.443 e. The van der Waals surface area contributed by atoms with E-state index in [-0.39, 0.29) is 42.6 Å². The highest BCUT2D eigenvalue weighted by atomic mass is 32.2. The van der Waals surface area contributed by atoms with Gasteiger partial charge >= 0.3 is 6.09 Å². The molecular weight excluding hydrogens is 584 g/mol. The molecule has 252 valence electrons. The van der Waals surface area contributed by atoms with Gasteiger partial charge < -0.3 is 35.7 Å². The molecule has 0 aliphatic heterocycles. The molecule has 0 spiro atoms. The SMILES string of the molecule is CSCC[C@H](NC(=O)OCc1c(C)ncn1C)C(=O)N[C@@H](CC(C)C)[C@@H](O)C[C@@H](C)C(=O)N[C@H](C(=O)NCC(C)C)C(C)C. The third-order valence-corrected chi connectivity index (χ3v) is 7.96. The predicted octanol–water partition coefficient (Wildman–Crippen LogP) is 2.91. The average Bonchev–Trinajstić information content (AvgIpc) is 3.26. The maximum absolute atomic E-state index is 13.4. The molecule has 0 unspecified atom stereocenters. The predicted molar refractivity (Wildman–Crippen MR) is 174 cm³/mol. The van der Waals surface area contributed by atoms with Crippen LogP contribution in [0.15, 0.2) is 6.33 Å². The van der Waals surface area contributed by atoms with Crippen LogP contribution in [0.1, 0.15) is 79.1 Å². The number of ether oxygens (including phenoxy) is 1. The fourth-order valence-electron chi connectivity index (χ4n) is 4.58. The fourth-order valence-corrected chi connectivity index (χ4v) is 5.05. The lowest BCUT2D eigenvalue weighted by Crippen LogP contribution is -2.54. The van der Waals surface area contributed by atoms with Crippen LogP contribution in [0.2, 0.25) is 0 Å². The Labute approximate surface area is 267 Å². The first-order valence-corrected chi connectivity index (χ1v) is 16.9. The number of amides is 4. The first kappa shape index (κ1) is 39.2. The summed E-state index contributed by atoms with van der Waals surface area (Å²) in [6, 6.07) is -2.22. The Bertz CT molecular complexity index is 1040. The first-order valence-electron chi connectivity index (χ1n) is 15.5. The highest BCUT2D eigenvalue weighted by molar-refractivity contribution is 7.98. The van der Waals surface area contributed by atoms with Crippen LogP contribution in [-0.4, -0.2) is 81.3 Å². The van der Waals surface area contributed by atoms with E-state index in [2.05, 4.69) is 26.3 Å². The second kappa shape index (κ2) is 19.6. The van der Waals surface area contributed by atoms with Crippen molar-refractivity contribution in [1.29, 1.82) is 0 Å². The summed E-state index contributed by atoms with van der Waals surface area (Å²) in [5.41, 5.74) is 1.50. The van der Waals surface area contributed by atoms with Crippen molar-refractivity contribution < 1.29 is 29.0 Å². The molecule has 1 heterocycles. The number of aryl methyl sites for hydroxylation is 2. The number of hydrogen-bond acceptors (Lipinski definition) is 8. The maximum Gasteiger partial charge on any atom is 0.408 e. The van der Waals surface area contributed by atoms with Crippen molar-refractivity contribution in [2.75, 3.05) is 18.6 Å². The van der Waals surface area contributed by atoms with Crippen LogP contribution < -0.4 is 21.3 Å². The fraction of sp³-hybridized carbons (Fsp3) is 0.774. The standard InChI is InChI=1S/C31H56N6O6S/c1-18(2)13-24(26(38)14-21(7)28(39)36-27(20(5)6)30(41)32-15-19(3)4)34-29(40)23(11-12-44-10)35-31(42)43-16-25-22(8)33-17-37(25)9/h17-21,23-24,26-27,38H,11-16H2,1-10H3,(H,32,41)(H,34,40)(H,35,42)(H,36,39)/t21-,23+,24+,26+,27+/m1/s1. The molecule has 0 saturated heterocycles. The normalized spacial score (nSPS) is 15.0. The van der Waals surface area contributed by atoms with Gasteiger partial charge in [-0.3, -0.25) is 14.4 Å². The van der Waals surface area contributed by atoms with E-state index >= 15 is 0 Å². The summed E-state index contributed by atoms with van der Waals surface area (Å²) >= 11 is 1.54. The molecule has 0 radical (unpaired) electrons. The third-order valence-electron chi connectivity index (χ3n) is 7.32. The third kappa shape index (κ3) is 13.9. The van der Waals surface area contributed by atoms with Gasteiger partial charge in [0.1, 0.15) is 18.7 Å². The van der Waals surface area contributed by atoms with E-state index in [1.54, 1.807) is 29.6 Å². The van der Waals surface area contributed by atoms with Crippen molar-refractivity contribution in [1.82, 2.24) is 30.8 Å². The Balaban J connectivity index is 2.90. The van der Waals surface area contributed by atoms with E-state index in [1.165, 1.54) is 0 Å². The van der Waals surface area contributed by atoms with Crippen molar-refractivity contribution in [3.63, 3.8) is 0 Å². The number of hydrogen-bond donors (Lipinski definition) is 5. The summed E-state index contributed by atoms with van der Waals surface area (Å²) in [5.74, 6) is -0.721. The van der Waals surface area contributed by atoms with Crippen LogP contribution in [0.5, 0.6) is 0 Å². The molecule has 44 heavy (non-hydrogen) atoms. The first-order chi connectivity index (χ1) is 20.6. The molecule has 1 rings (SSSR count). The molecule has 0 bridgehead atoms. The van der Waals surface area contributed by atoms with Crippen LogP contribution in [0.25, 0.3) is 0 Å². The van der Waals surface area contributed by atoms with Gasteiger partial charge in [0, 0.05) is 19.5 Å². The summed E-state index contributed by atoms with van der Waals surface area (Å²) in [7, 11) is 1.81. The van der Waals surface area contributed by atoms with Crippen LogP contribution in [0.3, 0.4) is 0 Å². The van der Waals surface area contributed by atoms with E-state index < -0.39 is 42.1 Å². The smallest absolute Gasteiger partial charge is 0.408 e. The Kier molecular flexibility index (Phi) is 17.4. The number of thioether (sulfide) groups is 1. The molecule has 5 atom stereocenters. The van der Waals surface area contributed by atoms with Crippen molar-refractivity contribution in [2.24, 2.45) is 30.7 Å². The number of aliphatic hydroxyl groups excluding tert-OH is 1. The highest BCUT2D eigenvalue weighted by Gasteiger charge is 2.31. The van der Waals surface area contributed by atoms with E-state index in [0.717, 1.165) is 11.4 Å². The molecule has 1 aromatic heterocycles. The summed E-state index contributed by atoms with van der Waals surface area (Å²) in [5, 5.41) is 22.5. The number of aliphatic hydroxyl groups is 1. The lowest BCUT2D eigenvalue weighted by molar-refractivity contribution is -0.132. The number of nitrogens with zero attached hydrogens (tertiary/aromatic N) is 2. The number of imidazole rings is 1. The number of rotatable bonds is 19. The van der Waals surface area contributed by atoms with Crippen LogP contribution in [-0.2, 0) is 32.8 Å². The van der Waals surface area contributed by atoms with Gasteiger partial charge in [0.25, 0.3) is 0 Å². The van der Waals surface area contributed by atoms with Crippen molar-refractivity contribution in [3.8, 4) is 0 Å². The van der Waals surface area contributed by atoms with Crippen LogP contribution in [0.4, 0.5) is 4.79 Å². The molecule has 0 saturated carbocycles. The minimum Gasteiger partial charge on any atom is -0.443 e. The van der Waals surface area contributed by atoms with Gasteiger partial charge in [-0.05, 0) is 55.9 Å². The average molecular weight is 641 g/mol. The Morgan fingerprint density at radius 1 is 0.955 bits per heavy atom. The zero-order valence-electron chi connectivity index (χ0n) is 28.2. The number of alkyl carbamates (subject to hydrolysis) is 1. The van der Waals surface area contributed by atoms with Gasteiger partial charge in [-0.25, -0.2) is 9.78 Å². The number of aromatic nitrogens is 2. The van der Waals surface area contributed by atoms with Gasteiger partial charge in [0.2, 0.25) is 17.7 Å². The minimum absolute atomic E-state index is 0.0106. The second-order valence-corrected chi connectivity index (χ2v) is 13.7. The zero-order valence-corrected chi connectivity index (χ0v) is 29.0. The van der Waals surface area contributed by atoms with Crippen molar-refractivity contribution in [2.45, 2.75) is 105 Å². The van der Waals surface area contributed by atoms with Crippen molar-refractivity contribution in [3.05, 3.63) is 17.7 Å².